The standard InChI is InChI=1S/C4H5F3O3S/c1-10-3(8)2-11(9)4(5,6)7/h2H2,1H3. The summed E-state index contributed by atoms with van der Waals surface area (Å²) in [5.74, 6) is -2.28. The third-order valence-corrected chi connectivity index (χ3v) is 1.75. The maximum absolute atomic E-state index is 11.4. The Morgan fingerprint density at radius 1 is 1.55 bits per heavy atom. The van der Waals surface area contributed by atoms with Crippen molar-refractivity contribution in [1.82, 2.24) is 0 Å². The predicted octanol–water partition coefficient (Wildman–Crippen LogP) is 0.428. The number of carbonyl (C=O) groups is 1. The van der Waals surface area contributed by atoms with E-state index in [9.17, 15) is 22.2 Å². The van der Waals surface area contributed by atoms with E-state index in [2.05, 4.69) is 4.74 Å². The summed E-state index contributed by atoms with van der Waals surface area (Å²) in [6.07, 6.45) is 0. The molecule has 11 heavy (non-hydrogen) atoms. The summed E-state index contributed by atoms with van der Waals surface area (Å²) in [7, 11) is -2.22. The van der Waals surface area contributed by atoms with Gasteiger partial charge in [-0.2, -0.15) is 13.2 Å². The number of carbonyl (C=O) groups excluding carboxylic acids is 1. The highest BCUT2D eigenvalue weighted by Crippen LogP contribution is 2.19. The number of esters is 1. The summed E-state index contributed by atoms with van der Waals surface area (Å²) in [4.78, 5) is 10.2. The molecule has 0 aromatic heterocycles. The van der Waals surface area contributed by atoms with Crippen molar-refractivity contribution in [3.05, 3.63) is 0 Å². The summed E-state index contributed by atoms with van der Waals surface area (Å²) >= 11 is 0. The quantitative estimate of drug-likeness (QED) is 0.593. The highest BCUT2D eigenvalue weighted by molar-refractivity contribution is 7.86. The molecule has 0 aromatic rings. The number of hydrogen-bond acceptors (Lipinski definition) is 3. The molecular weight excluding hydrogens is 185 g/mol. The number of halogens is 3. The van der Waals surface area contributed by atoms with Gasteiger partial charge in [0.15, 0.2) is 0 Å². The Hall–Kier alpha value is -0.590. The fourth-order valence-corrected chi connectivity index (χ4v) is 0.743. The minimum atomic E-state index is -4.84. The van der Waals surface area contributed by atoms with Crippen LogP contribution in [0.15, 0.2) is 0 Å². The van der Waals surface area contributed by atoms with Crippen LogP contribution in [0, 0.1) is 0 Å². The zero-order chi connectivity index (χ0) is 9.07. The van der Waals surface area contributed by atoms with Gasteiger partial charge in [-0.3, -0.25) is 4.79 Å². The van der Waals surface area contributed by atoms with Crippen molar-refractivity contribution < 1.29 is 26.9 Å². The number of rotatable bonds is 2. The Bertz CT molecular complexity index is 176. The summed E-state index contributed by atoms with van der Waals surface area (Å²) in [5, 5.41) is 0. The van der Waals surface area contributed by atoms with E-state index in [0.29, 0.717) is 0 Å². The molecule has 0 heterocycles. The molecule has 0 bridgehead atoms. The molecule has 3 nitrogen and oxygen atoms in total. The maximum atomic E-state index is 11.4. The van der Waals surface area contributed by atoms with Crippen LogP contribution in [0.25, 0.3) is 0 Å². The van der Waals surface area contributed by atoms with Gasteiger partial charge in [0.05, 0.1) is 7.11 Å². The normalized spacial score (nSPS) is 14.2. The van der Waals surface area contributed by atoms with Gasteiger partial charge in [0.2, 0.25) is 0 Å². The summed E-state index contributed by atoms with van der Waals surface area (Å²) in [5.41, 5.74) is -4.84. The molecule has 0 radical (unpaired) electrons. The molecule has 0 fully saturated rings. The van der Waals surface area contributed by atoms with Crippen molar-refractivity contribution in [2.45, 2.75) is 5.51 Å². The lowest BCUT2D eigenvalue weighted by Gasteiger charge is -2.03. The van der Waals surface area contributed by atoms with E-state index in [1.807, 2.05) is 0 Å². The van der Waals surface area contributed by atoms with Crippen molar-refractivity contribution in [3.63, 3.8) is 0 Å². The molecular formula is C4H5F3O3S. The zero-order valence-electron chi connectivity index (χ0n) is 5.47. The van der Waals surface area contributed by atoms with Crippen molar-refractivity contribution in [1.29, 1.82) is 0 Å². The van der Waals surface area contributed by atoms with Gasteiger partial charge >= 0.3 is 11.5 Å². The highest BCUT2D eigenvalue weighted by Gasteiger charge is 2.38. The third kappa shape index (κ3) is 3.97. The van der Waals surface area contributed by atoms with Crippen LogP contribution in [-0.4, -0.2) is 28.5 Å². The fraction of sp³-hybridized carbons (Fsp3) is 0.750. The van der Waals surface area contributed by atoms with Gasteiger partial charge in [-0.15, -0.1) is 0 Å². The topological polar surface area (TPSA) is 43.4 Å². The lowest BCUT2D eigenvalue weighted by atomic mass is 10.8. The van der Waals surface area contributed by atoms with Crippen LogP contribution in [0.5, 0.6) is 0 Å². The van der Waals surface area contributed by atoms with Crippen LogP contribution in [0.2, 0.25) is 0 Å². The molecule has 0 aliphatic rings. The molecule has 0 saturated heterocycles. The van der Waals surface area contributed by atoms with E-state index < -0.39 is 28.0 Å². The molecule has 0 N–H and O–H groups in total. The van der Waals surface area contributed by atoms with Gasteiger partial charge in [-0.1, -0.05) is 0 Å². The Morgan fingerprint density at radius 2 is 2.00 bits per heavy atom. The van der Waals surface area contributed by atoms with Crippen molar-refractivity contribution in [2.24, 2.45) is 0 Å². The SMILES string of the molecule is COC(=O)CS(=O)C(F)(F)F. The third-order valence-electron chi connectivity index (χ3n) is 0.735. The minimum Gasteiger partial charge on any atom is -0.468 e. The molecule has 0 aliphatic carbocycles. The average Bonchev–Trinajstić information content (AvgIpc) is 1.85. The number of ether oxygens (including phenoxy) is 1. The first-order valence-electron chi connectivity index (χ1n) is 2.40. The van der Waals surface area contributed by atoms with Crippen LogP contribution in [0.4, 0.5) is 13.2 Å². The van der Waals surface area contributed by atoms with Gasteiger partial charge in [0.25, 0.3) is 0 Å². The fourth-order valence-electron chi connectivity index (χ4n) is 0.248. The minimum absolute atomic E-state index is 0.926. The smallest absolute Gasteiger partial charge is 0.468 e. The molecule has 66 valence electrons. The van der Waals surface area contributed by atoms with E-state index in [1.54, 1.807) is 0 Å². The second-order valence-electron chi connectivity index (χ2n) is 1.51. The van der Waals surface area contributed by atoms with Crippen molar-refractivity contribution in [2.75, 3.05) is 12.9 Å². The lowest BCUT2D eigenvalue weighted by molar-refractivity contribution is -0.137. The molecule has 0 aliphatic heterocycles. The zero-order valence-corrected chi connectivity index (χ0v) is 6.29. The van der Waals surface area contributed by atoms with E-state index >= 15 is 0 Å². The number of methoxy groups -OCH3 is 1. The van der Waals surface area contributed by atoms with E-state index in [4.69, 9.17) is 0 Å². The predicted molar refractivity (Wildman–Crippen MR) is 31.1 cm³/mol. The first-order chi connectivity index (χ1) is 4.88. The van der Waals surface area contributed by atoms with Crippen molar-refractivity contribution >= 4 is 16.8 Å². The first-order valence-corrected chi connectivity index (χ1v) is 3.72. The maximum Gasteiger partial charge on any atom is 0.471 e. The first kappa shape index (κ1) is 10.4. The summed E-state index contributed by atoms with van der Waals surface area (Å²) < 4.78 is 48.3. The Kier molecular flexibility index (Phi) is 3.50. The van der Waals surface area contributed by atoms with E-state index in [-0.39, 0.29) is 0 Å². The van der Waals surface area contributed by atoms with Crippen LogP contribution in [-0.2, 0) is 20.3 Å². The van der Waals surface area contributed by atoms with Crippen molar-refractivity contribution in [3.8, 4) is 0 Å². The molecule has 1 atom stereocenters. The lowest BCUT2D eigenvalue weighted by Crippen LogP contribution is -2.24. The van der Waals surface area contributed by atoms with Gasteiger partial charge in [0, 0.05) is 0 Å². The molecule has 0 aromatic carbocycles. The highest BCUT2D eigenvalue weighted by atomic mass is 32.2. The molecule has 7 heteroatoms. The second kappa shape index (κ2) is 3.70. The molecule has 0 saturated carbocycles. The van der Waals surface area contributed by atoms with Gasteiger partial charge in [0.1, 0.15) is 16.6 Å². The average molecular weight is 190 g/mol. The van der Waals surface area contributed by atoms with Crippen LogP contribution < -0.4 is 0 Å². The van der Waals surface area contributed by atoms with Crippen LogP contribution in [0.1, 0.15) is 0 Å². The monoisotopic (exact) mass is 190 g/mol. The Morgan fingerprint density at radius 3 is 2.27 bits per heavy atom. The Labute approximate surface area is 63.0 Å². The molecule has 0 amide bonds. The van der Waals surface area contributed by atoms with Gasteiger partial charge in [-0.05, 0) is 0 Å². The van der Waals surface area contributed by atoms with E-state index in [1.165, 1.54) is 0 Å². The second-order valence-corrected chi connectivity index (χ2v) is 2.95. The molecule has 0 rings (SSSR count). The Balaban J connectivity index is 3.99. The molecule has 0 spiro atoms. The van der Waals surface area contributed by atoms with E-state index in [0.717, 1.165) is 7.11 Å². The van der Waals surface area contributed by atoms with Crippen LogP contribution >= 0.6 is 0 Å². The summed E-state index contributed by atoms with van der Waals surface area (Å²) in [6.45, 7) is 0. The number of hydrogen-bond donors (Lipinski definition) is 0. The summed E-state index contributed by atoms with van der Waals surface area (Å²) in [6, 6.07) is 0. The largest absolute Gasteiger partial charge is 0.471 e. The van der Waals surface area contributed by atoms with Gasteiger partial charge in [-0.25, -0.2) is 4.21 Å². The molecule has 1 unspecified atom stereocenters. The van der Waals surface area contributed by atoms with Gasteiger partial charge < -0.3 is 4.74 Å². The number of alkyl halides is 3. The van der Waals surface area contributed by atoms with Crippen LogP contribution in [0.3, 0.4) is 0 Å².